The number of hydrogen-bond donors (Lipinski definition) is 2. The lowest BCUT2D eigenvalue weighted by atomic mass is 9.55. The van der Waals surface area contributed by atoms with Crippen LogP contribution < -0.4 is 9.47 Å². The van der Waals surface area contributed by atoms with Gasteiger partial charge in [-0.2, -0.15) is 0 Å². The van der Waals surface area contributed by atoms with Gasteiger partial charge in [-0.15, -0.1) is 6.58 Å². The first-order valence-electron chi connectivity index (χ1n) is 23.8. The number of nitro groups is 1. The van der Waals surface area contributed by atoms with Gasteiger partial charge in [0.1, 0.15) is 36.2 Å². The number of hydrogen-bond acceptors (Lipinski definition) is 12. The number of aliphatic hydroxyl groups is 2. The van der Waals surface area contributed by atoms with Gasteiger partial charge >= 0.3 is 6.09 Å². The van der Waals surface area contributed by atoms with E-state index in [1.54, 1.807) is 54.3 Å². The molecule has 5 aromatic rings. The Morgan fingerprint density at radius 3 is 2.45 bits per heavy atom. The fourth-order valence-electron chi connectivity index (χ4n) is 10.5. The summed E-state index contributed by atoms with van der Waals surface area (Å²) in [5.74, 6) is -1.04. The second-order valence-corrected chi connectivity index (χ2v) is 17.7. The summed E-state index contributed by atoms with van der Waals surface area (Å²) in [6.07, 6.45) is 8.43. The molecule has 0 aromatic heterocycles. The van der Waals surface area contributed by atoms with Crippen molar-refractivity contribution < 1.29 is 48.5 Å². The Morgan fingerprint density at radius 1 is 0.942 bits per heavy atom. The summed E-state index contributed by atoms with van der Waals surface area (Å²) >= 11 is 0. The first-order valence-corrected chi connectivity index (χ1v) is 23.8. The molecule has 5 aromatic carbocycles. The van der Waals surface area contributed by atoms with Crippen LogP contribution >= 0.6 is 0 Å². The minimum atomic E-state index is -1.56. The van der Waals surface area contributed by atoms with Crippen LogP contribution in [0.25, 0.3) is 10.8 Å². The van der Waals surface area contributed by atoms with Gasteiger partial charge < -0.3 is 34.0 Å². The number of carbonyl (C=O) groups excluding carboxylic acids is 2. The third kappa shape index (κ3) is 10.6. The van der Waals surface area contributed by atoms with Gasteiger partial charge in [-0.05, 0) is 114 Å². The molecule has 14 nitrogen and oxygen atoms in total. The normalized spacial score (nSPS) is 21.8. The van der Waals surface area contributed by atoms with E-state index in [-0.39, 0.29) is 69.4 Å². The van der Waals surface area contributed by atoms with E-state index >= 15 is 0 Å². The van der Waals surface area contributed by atoms with E-state index in [0.717, 1.165) is 59.4 Å². The van der Waals surface area contributed by atoms with Crippen molar-refractivity contribution >= 4 is 34.6 Å². The number of unbranched alkanes of at least 4 members (excludes halogenated alkanes) is 2. The Hall–Kier alpha value is -6.87. The van der Waals surface area contributed by atoms with Crippen LogP contribution in [-0.4, -0.2) is 76.4 Å². The van der Waals surface area contributed by atoms with Crippen LogP contribution in [0.2, 0.25) is 0 Å². The van der Waals surface area contributed by atoms with Crippen LogP contribution in [0, 0.1) is 27.9 Å². The standard InChI is InChI=1S/C55H59N3O11/c1-3-29-66-55-51(57(54(62)65-4-2)34-41-17-12-16-39-14-5-6-19-45(39)41)33-49(56-67-36-37-21-23-42(24-22-37)58(63)64)47-31-40(15-7-9-27-59)46(20-8-10-28-60)52(53(47)55)48-32-44(25-26-50(48)69-55)68-43-18-11-13-38(30-43)35-61/h3,5-6,11-14,16-19,21-26,30-32,35,40,46,51-53,59-60H,1,4,7-10,15,20,27-29,33-34,36H2,2H3/t40-,46+,51-,52+,53+,55+/m0/s1. The topological polar surface area (TPSA) is 179 Å². The zero-order chi connectivity index (χ0) is 48.3. The Labute approximate surface area is 401 Å². The molecule has 8 rings (SSSR count). The molecule has 14 heteroatoms. The summed E-state index contributed by atoms with van der Waals surface area (Å²) in [5.41, 5.74) is 4.26. The van der Waals surface area contributed by atoms with Crippen molar-refractivity contribution in [1.29, 1.82) is 0 Å². The SMILES string of the molecule is C=CCO[C@@]12Oc3ccc(Oc4cccc(C=O)c4)cc3[C@H]3[C@H](CCCCO)[C@@H](CCCCO)C=C(C(=NOCc4ccc([N+](=O)[O-])cc4)C[C@@H]1N(Cc1cccc4ccccc14)C(=O)OCC)[C@H]32. The predicted molar refractivity (Wildman–Crippen MR) is 261 cm³/mol. The molecule has 0 spiro atoms. The number of nitrogens with zero attached hydrogens (tertiary/aromatic N) is 3. The highest BCUT2D eigenvalue weighted by Crippen LogP contribution is 2.62. The van der Waals surface area contributed by atoms with E-state index in [4.69, 9.17) is 28.9 Å². The molecule has 1 aliphatic heterocycles. The van der Waals surface area contributed by atoms with E-state index < -0.39 is 28.8 Å². The maximum atomic E-state index is 14.8. The fourth-order valence-corrected chi connectivity index (χ4v) is 10.5. The number of nitro benzene ring substituents is 1. The first kappa shape index (κ1) is 48.6. The number of rotatable bonds is 22. The number of non-ortho nitro benzene ring substituents is 1. The van der Waals surface area contributed by atoms with Gasteiger partial charge in [-0.3, -0.25) is 19.8 Å². The molecule has 1 saturated carbocycles. The molecule has 2 aliphatic carbocycles. The minimum Gasteiger partial charge on any atom is -0.459 e. The highest BCUT2D eigenvalue weighted by Gasteiger charge is 2.65. The maximum absolute atomic E-state index is 14.8. The minimum absolute atomic E-state index is 0.0122. The summed E-state index contributed by atoms with van der Waals surface area (Å²) in [7, 11) is 0. The molecule has 0 radical (unpaired) electrons. The molecule has 3 aliphatic rings. The van der Waals surface area contributed by atoms with Crippen molar-refractivity contribution in [1.82, 2.24) is 4.90 Å². The van der Waals surface area contributed by atoms with Crippen molar-refractivity contribution in [3.05, 3.63) is 166 Å². The van der Waals surface area contributed by atoms with E-state index in [0.29, 0.717) is 46.9 Å². The quantitative estimate of drug-likeness (QED) is 0.0222. The smallest absolute Gasteiger partial charge is 0.410 e. The van der Waals surface area contributed by atoms with Crippen molar-refractivity contribution in [2.24, 2.45) is 22.9 Å². The summed E-state index contributed by atoms with van der Waals surface area (Å²) in [6.45, 7) is 6.23. The fraction of sp³-hybridized carbons (Fsp3) is 0.364. The molecule has 360 valence electrons. The van der Waals surface area contributed by atoms with Crippen LogP contribution in [-0.2, 0) is 27.5 Å². The number of fused-ring (bicyclic) bond motifs is 3. The van der Waals surface area contributed by atoms with Crippen molar-refractivity contribution in [2.45, 2.75) is 82.8 Å². The van der Waals surface area contributed by atoms with Crippen molar-refractivity contribution in [3.63, 3.8) is 0 Å². The Balaban J connectivity index is 1.34. The van der Waals surface area contributed by atoms with Gasteiger partial charge in [0.15, 0.2) is 0 Å². The Bertz CT molecular complexity index is 2680. The number of aldehydes is 1. The maximum Gasteiger partial charge on any atom is 0.410 e. The average molecular weight is 938 g/mol. The highest BCUT2D eigenvalue weighted by atomic mass is 16.7. The summed E-state index contributed by atoms with van der Waals surface area (Å²) in [5, 5.41) is 38.4. The van der Waals surface area contributed by atoms with Crippen LogP contribution in [0.5, 0.6) is 17.2 Å². The zero-order valence-electron chi connectivity index (χ0n) is 38.8. The van der Waals surface area contributed by atoms with Gasteiger partial charge in [-0.1, -0.05) is 84.7 Å². The van der Waals surface area contributed by atoms with E-state index in [9.17, 15) is 29.9 Å². The van der Waals surface area contributed by atoms with E-state index in [1.165, 1.54) is 12.1 Å². The molecule has 0 saturated heterocycles. The number of allylic oxidation sites excluding steroid dienone is 1. The first-order chi connectivity index (χ1) is 33.7. The largest absolute Gasteiger partial charge is 0.459 e. The molecular weight excluding hydrogens is 879 g/mol. The molecule has 1 heterocycles. The number of ether oxygens (including phenoxy) is 4. The monoisotopic (exact) mass is 937 g/mol. The Kier molecular flexibility index (Phi) is 15.8. The second-order valence-electron chi connectivity index (χ2n) is 17.7. The van der Waals surface area contributed by atoms with Crippen molar-refractivity contribution in [2.75, 3.05) is 26.4 Å². The zero-order valence-corrected chi connectivity index (χ0v) is 38.8. The van der Waals surface area contributed by atoms with E-state index in [2.05, 4.69) is 12.7 Å². The van der Waals surface area contributed by atoms with Gasteiger partial charge in [-0.25, -0.2) is 4.79 Å². The summed E-state index contributed by atoms with van der Waals surface area (Å²) in [4.78, 5) is 45.4. The molecule has 6 atom stereocenters. The van der Waals surface area contributed by atoms with Gasteiger partial charge in [0.25, 0.3) is 5.69 Å². The third-order valence-electron chi connectivity index (χ3n) is 13.5. The highest BCUT2D eigenvalue weighted by molar-refractivity contribution is 6.03. The van der Waals surface area contributed by atoms with Gasteiger partial charge in [0.2, 0.25) is 5.79 Å². The molecule has 1 fully saturated rings. The lowest BCUT2D eigenvalue weighted by Crippen LogP contribution is -2.70. The second kappa shape index (κ2) is 22.5. The van der Waals surface area contributed by atoms with Crippen LogP contribution in [0.1, 0.15) is 84.8 Å². The average Bonchev–Trinajstić information content (AvgIpc) is 3.36. The number of benzene rings is 5. The molecule has 2 N–H and O–H groups in total. The Morgan fingerprint density at radius 2 is 1.70 bits per heavy atom. The molecule has 0 bridgehead atoms. The lowest BCUT2D eigenvalue weighted by Gasteiger charge is -2.59. The van der Waals surface area contributed by atoms with Gasteiger partial charge in [0.05, 0.1) is 36.3 Å². The predicted octanol–water partition coefficient (Wildman–Crippen LogP) is 10.8. The van der Waals surface area contributed by atoms with Crippen LogP contribution in [0.15, 0.2) is 139 Å². The van der Waals surface area contributed by atoms with Crippen LogP contribution in [0.4, 0.5) is 10.5 Å². The summed E-state index contributed by atoms with van der Waals surface area (Å²) in [6, 6.07) is 31.9. The van der Waals surface area contributed by atoms with Crippen molar-refractivity contribution in [3.8, 4) is 17.2 Å². The third-order valence-corrected chi connectivity index (χ3v) is 13.5. The van der Waals surface area contributed by atoms with Crippen LogP contribution in [0.3, 0.4) is 0 Å². The number of aliphatic hydroxyl groups excluding tert-OH is 2. The van der Waals surface area contributed by atoms with Gasteiger partial charge in [0, 0.05) is 48.8 Å². The molecular formula is C55H59N3O11. The molecule has 0 unspecified atom stereocenters. The summed E-state index contributed by atoms with van der Waals surface area (Å²) < 4.78 is 27.0. The lowest BCUT2D eigenvalue weighted by molar-refractivity contribution is -0.384. The molecule has 69 heavy (non-hydrogen) atoms. The number of amides is 1. The number of carbonyl (C=O) groups is 2. The van der Waals surface area contributed by atoms with E-state index in [1.807, 2.05) is 60.7 Å². The molecule has 1 amide bonds. The number of oxime groups is 1.